The van der Waals surface area contributed by atoms with Crippen LogP contribution in [0.4, 0.5) is 45.2 Å². The molecule has 3 aromatic carbocycles. The van der Waals surface area contributed by atoms with E-state index in [1.165, 1.54) is 0 Å². The largest absolute Gasteiger partial charge is 0.416 e. The molecule has 1 unspecified atom stereocenters. The predicted molar refractivity (Wildman–Crippen MR) is 138 cm³/mol. The third kappa shape index (κ3) is 5.49. The molecule has 0 spiro atoms. The highest BCUT2D eigenvalue weighted by Gasteiger charge is 2.39. The van der Waals surface area contributed by atoms with Gasteiger partial charge in [-0.05, 0) is 42.5 Å². The molecule has 7 nitrogen and oxygen atoms in total. The minimum absolute atomic E-state index is 0.122. The first kappa shape index (κ1) is 31.0. The Morgan fingerprint density at radius 3 is 2.34 bits per heavy atom. The number of benzene rings is 3. The number of hydrogen-bond donors (Lipinski definition) is 2. The van der Waals surface area contributed by atoms with Gasteiger partial charge in [0.25, 0.3) is 11.8 Å². The number of alkyl halides is 7. The summed E-state index contributed by atoms with van der Waals surface area (Å²) in [5.41, 5.74) is -6.68. The maximum absolute atomic E-state index is 14.2. The van der Waals surface area contributed by atoms with Gasteiger partial charge < -0.3 is 10.6 Å². The summed E-state index contributed by atoms with van der Waals surface area (Å²) < 4.78 is 123. The first-order valence-electron chi connectivity index (χ1n) is 12.4. The van der Waals surface area contributed by atoms with Gasteiger partial charge in [0.1, 0.15) is 11.6 Å². The first-order chi connectivity index (χ1) is 20.6. The van der Waals surface area contributed by atoms with Crippen LogP contribution in [0.15, 0.2) is 47.3 Å². The molecule has 0 aliphatic carbocycles. The van der Waals surface area contributed by atoms with Gasteiger partial charge in [-0.3, -0.25) is 14.2 Å². The van der Waals surface area contributed by atoms with Gasteiger partial charge in [-0.2, -0.15) is 22.0 Å². The van der Waals surface area contributed by atoms with Crippen molar-refractivity contribution < 1.29 is 49.1 Å². The molecular formula is C27H16ClF9N4O3. The summed E-state index contributed by atoms with van der Waals surface area (Å²) in [6.45, 7) is -4.39. The SMILES string of the molecule is O=C(Nc1cc2c(c3c1C(c1cc(F)ccc1Cl)NC3=O)n(C(F)F)c(=O)n2CCC(F)F)c1cc(F)cc(C(F)(F)F)c1. The molecule has 44 heavy (non-hydrogen) atoms. The van der Waals surface area contributed by atoms with Gasteiger partial charge in [0.15, 0.2) is 0 Å². The van der Waals surface area contributed by atoms with Gasteiger partial charge in [0.05, 0.1) is 28.2 Å². The molecule has 2 heterocycles. The number of nitrogens with one attached hydrogen (secondary N) is 2. The third-order valence-corrected chi connectivity index (χ3v) is 7.19. The van der Waals surface area contributed by atoms with Crippen molar-refractivity contribution in [2.45, 2.75) is 38.2 Å². The van der Waals surface area contributed by atoms with Gasteiger partial charge in [0.2, 0.25) is 6.43 Å². The lowest BCUT2D eigenvalue weighted by Crippen LogP contribution is -2.26. The number of carbonyl (C=O) groups excluding carboxylic acids is 2. The fourth-order valence-electron chi connectivity index (χ4n) is 5.03. The Hall–Kier alpha value is -4.47. The van der Waals surface area contributed by atoms with Gasteiger partial charge >= 0.3 is 18.4 Å². The average Bonchev–Trinajstić information content (AvgIpc) is 3.41. The lowest BCUT2D eigenvalue weighted by molar-refractivity contribution is -0.137. The van der Waals surface area contributed by atoms with E-state index in [9.17, 15) is 53.9 Å². The zero-order valence-corrected chi connectivity index (χ0v) is 22.3. The lowest BCUT2D eigenvalue weighted by atomic mass is 9.95. The molecule has 1 atom stereocenters. The monoisotopic (exact) mass is 650 g/mol. The number of anilines is 1. The smallest absolute Gasteiger partial charge is 0.341 e. The second kappa shape index (κ2) is 11.2. The van der Waals surface area contributed by atoms with Crippen molar-refractivity contribution in [2.24, 2.45) is 0 Å². The Labute approximate surface area is 244 Å². The molecule has 0 fully saturated rings. The summed E-state index contributed by atoms with van der Waals surface area (Å²) in [6.07, 6.45) is -9.00. The predicted octanol–water partition coefficient (Wildman–Crippen LogP) is 6.89. The molecule has 4 aromatic rings. The fraction of sp³-hybridized carbons (Fsp3) is 0.222. The van der Waals surface area contributed by atoms with Crippen LogP contribution in [0.25, 0.3) is 11.0 Å². The average molecular weight is 651 g/mol. The molecule has 0 bridgehead atoms. The Balaban J connectivity index is 1.79. The normalized spacial score (nSPS) is 14.9. The molecule has 0 saturated carbocycles. The van der Waals surface area contributed by atoms with E-state index in [0.29, 0.717) is 16.7 Å². The van der Waals surface area contributed by atoms with Crippen molar-refractivity contribution in [1.29, 1.82) is 0 Å². The fourth-order valence-corrected chi connectivity index (χ4v) is 5.26. The highest BCUT2D eigenvalue weighted by molar-refractivity contribution is 6.31. The van der Waals surface area contributed by atoms with Crippen molar-refractivity contribution in [1.82, 2.24) is 14.5 Å². The molecule has 2 N–H and O–H groups in total. The van der Waals surface area contributed by atoms with E-state index < -0.39 is 101 Å². The Kier molecular flexibility index (Phi) is 7.90. The quantitative estimate of drug-likeness (QED) is 0.214. The Morgan fingerprint density at radius 2 is 1.70 bits per heavy atom. The molecule has 0 saturated heterocycles. The van der Waals surface area contributed by atoms with Crippen LogP contribution < -0.4 is 16.3 Å². The molecule has 232 valence electrons. The first-order valence-corrected chi connectivity index (χ1v) is 12.8. The molecule has 2 amide bonds. The van der Waals surface area contributed by atoms with E-state index in [1.807, 2.05) is 0 Å². The van der Waals surface area contributed by atoms with Crippen LogP contribution in [0, 0.1) is 11.6 Å². The number of rotatable bonds is 7. The summed E-state index contributed by atoms with van der Waals surface area (Å²) in [6, 6.07) is 3.30. The highest BCUT2D eigenvalue weighted by atomic mass is 35.5. The van der Waals surface area contributed by atoms with Crippen LogP contribution in [-0.4, -0.2) is 27.4 Å². The van der Waals surface area contributed by atoms with E-state index in [1.54, 1.807) is 0 Å². The van der Waals surface area contributed by atoms with Crippen LogP contribution in [0.2, 0.25) is 5.02 Å². The topological polar surface area (TPSA) is 85.1 Å². The molecule has 1 aliphatic rings. The molecule has 17 heteroatoms. The van der Waals surface area contributed by atoms with Crippen molar-refractivity contribution in [3.05, 3.63) is 97.4 Å². The Morgan fingerprint density at radius 1 is 1.00 bits per heavy atom. The van der Waals surface area contributed by atoms with Crippen molar-refractivity contribution in [3.63, 3.8) is 0 Å². The molecular weight excluding hydrogens is 635 g/mol. The van der Waals surface area contributed by atoms with Crippen LogP contribution in [-0.2, 0) is 12.7 Å². The number of aryl methyl sites for hydroxylation is 1. The van der Waals surface area contributed by atoms with Crippen molar-refractivity contribution in [2.75, 3.05) is 5.32 Å². The summed E-state index contributed by atoms with van der Waals surface area (Å²) in [5, 5.41) is 4.46. The van der Waals surface area contributed by atoms with E-state index >= 15 is 0 Å². The van der Waals surface area contributed by atoms with Crippen molar-refractivity contribution in [3.8, 4) is 0 Å². The number of amides is 2. The summed E-state index contributed by atoms with van der Waals surface area (Å²) >= 11 is 6.22. The summed E-state index contributed by atoms with van der Waals surface area (Å²) in [7, 11) is 0. The third-order valence-electron chi connectivity index (χ3n) is 6.85. The van der Waals surface area contributed by atoms with Crippen LogP contribution in [0.5, 0.6) is 0 Å². The second-order valence-electron chi connectivity index (χ2n) is 9.59. The number of fused-ring (bicyclic) bond motifs is 3. The van der Waals surface area contributed by atoms with E-state index in [4.69, 9.17) is 11.6 Å². The summed E-state index contributed by atoms with van der Waals surface area (Å²) in [4.78, 5) is 39.5. The number of nitrogens with zero attached hydrogens (tertiary/aromatic N) is 2. The number of carbonyl (C=O) groups is 2. The van der Waals surface area contributed by atoms with Gasteiger partial charge in [-0.1, -0.05) is 11.6 Å². The Bertz CT molecular complexity index is 1890. The number of imidazole rings is 1. The van der Waals surface area contributed by atoms with Gasteiger partial charge in [-0.25, -0.2) is 26.9 Å². The number of halogens is 10. The number of aromatic nitrogens is 2. The maximum atomic E-state index is 14.2. The summed E-state index contributed by atoms with van der Waals surface area (Å²) in [5.74, 6) is -4.76. The molecule has 5 rings (SSSR count). The van der Waals surface area contributed by atoms with Crippen LogP contribution >= 0.6 is 11.6 Å². The van der Waals surface area contributed by atoms with Crippen molar-refractivity contribution >= 4 is 40.1 Å². The van der Waals surface area contributed by atoms with Crippen LogP contribution in [0.3, 0.4) is 0 Å². The molecule has 1 aliphatic heterocycles. The highest BCUT2D eigenvalue weighted by Crippen LogP contribution is 2.43. The molecule has 0 radical (unpaired) electrons. The minimum atomic E-state index is -5.05. The van der Waals surface area contributed by atoms with Gasteiger partial charge in [-0.15, -0.1) is 0 Å². The number of hydrogen-bond acceptors (Lipinski definition) is 3. The van der Waals surface area contributed by atoms with E-state index in [-0.39, 0.29) is 26.8 Å². The zero-order valence-electron chi connectivity index (χ0n) is 21.6. The van der Waals surface area contributed by atoms with E-state index in [2.05, 4.69) is 10.6 Å². The maximum Gasteiger partial charge on any atom is 0.416 e. The minimum Gasteiger partial charge on any atom is -0.341 e. The van der Waals surface area contributed by atoms with E-state index in [0.717, 1.165) is 24.3 Å². The van der Waals surface area contributed by atoms with Gasteiger partial charge in [0, 0.05) is 40.4 Å². The second-order valence-corrected chi connectivity index (χ2v) is 10.0. The molecule has 1 aromatic heterocycles. The standard InChI is InChI=1S/C27H16ClF9N4O3/c28-15-2-1-12(29)8-14(15)21-19-16(38-23(42)10-5-11(27(35,36)37)7-13(30)6-10)9-17-22(20(19)24(43)39-21)41(25(33)34)26(44)40(17)4-3-18(31)32/h1-2,5-9,18,21,25H,3-4H2,(H,38,42)(H,39,43). The zero-order chi connectivity index (χ0) is 32.2. The lowest BCUT2D eigenvalue weighted by Gasteiger charge is -2.19. The van der Waals surface area contributed by atoms with Crippen LogP contribution in [0.1, 0.15) is 56.4 Å².